The van der Waals surface area contributed by atoms with Crippen molar-refractivity contribution in [3.8, 4) is 0 Å². The number of hydrogen-bond acceptors (Lipinski definition) is 3. The molecule has 6 nitrogen and oxygen atoms in total. The van der Waals surface area contributed by atoms with Gasteiger partial charge < -0.3 is 15.3 Å². The van der Waals surface area contributed by atoms with Crippen molar-refractivity contribution in [1.82, 2.24) is 15.1 Å². The molecule has 2 atom stereocenters. The fourth-order valence-corrected chi connectivity index (χ4v) is 2.97. The predicted octanol–water partition coefficient (Wildman–Crippen LogP) is 1.47. The van der Waals surface area contributed by atoms with Crippen LogP contribution in [0.3, 0.4) is 0 Å². The number of carbonyl (C=O) groups is 2. The van der Waals surface area contributed by atoms with E-state index >= 15 is 0 Å². The number of carbonyl (C=O) groups excluding carboxylic acids is 1. The Hall–Kier alpha value is -1.30. The lowest BCUT2D eigenvalue weighted by molar-refractivity contribution is -0.142. The molecule has 2 N–H and O–H groups in total. The van der Waals surface area contributed by atoms with Crippen LogP contribution in [0.4, 0.5) is 4.79 Å². The minimum atomic E-state index is -0.816. The summed E-state index contributed by atoms with van der Waals surface area (Å²) in [5.41, 5.74) is 0. The molecule has 0 aromatic heterocycles. The first kappa shape index (κ1) is 17.8. The standard InChI is InChI=1S/C15H29N3O3/c1-10(2)18(11(3)4)7-6-16-15(21)17-8-12(5)13(9-17)14(19)20/h10-13H,6-9H2,1-5H3,(H,16,21)(H,19,20). The maximum atomic E-state index is 12.1. The number of nitrogens with zero attached hydrogens (tertiary/aromatic N) is 2. The van der Waals surface area contributed by atoms with E-state index in [1.165, 1.54) is 0 Å². The Morgan fingerprint density at radius 3 is 2.24 bits per heavy atom. The van der Waals surface area contributed by atoms with Crippen LogP contribution >= 0.6 is 0 Å². The lowest BCUT2D eigenvalue weighted by atomic mass is 9.99. The molecule has 0 aromatic rings. The van der Waals surface area contributed by atoms with Gasteiger partial charge in [-0.05, 0) is 33.6 Å². The van der Waals surface area contributed by atoms with Crippen molar-refractivity contribution in [2.24, 2.45) is 11.8 Å². The highest BCUT2D eigenvalue weighted by Gasteiger charge is 2.36. The van der Waals surface area contributed by atoms with Crippen molar-refractivity contribution in [2.75, 3.05) is 26.2 Å². The van der Waals surface area contributed by atoms with Crippen molar-refractivity contribution >= 4 is 12.0 Å². The molecule has 1 saturated heterocycles. The highest BCUT2D eigenvalue weighted by Crippen LogP contribution is 2.22. The van der Waals surface area contributed by atoms with E-state index in [1.807, 2.05) is 6.92 Å². The molecular formula is C15H29N3O3. The first-order chi connectivity index (χ1) is 9.73. The van der Waals surface area contributed by atoms with Crippen LogP contribution in [-0.2, 0) is 4.79 Å². The molecule has 0 aliphatic carbocycles. The van der Waals surface area contributed by atoms with Crippen LogP contribution in [0.25, 0.3) is 0 Å². The monoisotopic (exact) mass is 299 g/mol. The van der Waals surface area contributed by atoms with Gasteiger partial charge in [-0.3, -0.25) is 9.69 Å². The third-order valence-corrected chi connectivity index (χ3v) is 4.19. The molecule has 2 amide bonds. The highest BCUT2D eigenvalue weighted by molar-refractivity contribution is 5.77. The van der Waals surface area contributed by atoms with E-state index in [9.17, 15) is 9.59 Å². The van der Waals surface area contributed by atoms with Crippen molar-refractivity contribution in [1.29, 1.82) is 0 Å². The summed E-state index contributed by atoms with van der Waals surface area (Å²) in [5.74, 6) is -1.25. The van der Waals surface area contributed by atoms with E-state index in [2.05, 4.69) is 37.9 Å². The molecule has 0 saturated carbocycles. The summed E-state index contributed by atoms with van der Waals surface area (Å²) in [7, 11) is 0. The van der Waals surface area contributed by atoms with E-state index in [1.54, 1.807) is 4.90 Å². The molecular weight excluding hydrogens is 270 g/mol. The maximum absolute atomic E-state index is 12.1. The van der Waals surface area contributed by atoms with Gasteiger partial charge in [-0.2, -0.15) is 0 Å². The van der Waals surface area contributed by atoms with Gasteiger partial charge in [0, 0.05) is 38.3 Å². The second kappa shape index (κ2) is 7.64. The van der Waals surface area contributed by atoms with Gasteiger partial charge in [-0.1, -0.05) is 6.92 Å². The van der Waals surface area contributed by atoms with Gasteiger partial charge in [0.1, 0.15) is 0 Å². The fourth-order valence-electron chi connectivity index (χ4n) is 2.97. The van der Waals surface area contributed by atoms with Gasteiger partial charge in [0.15, 0.2) is 0 Å². The number of likely N-dealkylation sites (tertiary alicyclic amines) is 1. The maximum Gasteiger partial charge on any atom is 0.317 e. The number of hydrogen-bond donors (Lipinski definition) is 2. The Labute approximate surface area is 127 Å². The van der Waals surface area contributed by atoms with Gasteiger partial charge in [-0.15, -0.1) is 0 Å². The van der Waals surface area contributed by atoms with Crippen LogP contribution < -0.4 is 5.32 Å². The third kappa shape index (κ3) is 4.88. The van der Waals surface area contributed by atoms with Gasteiger partial charge in [-0.25, -0.2) is 4.79 Å². The molecule has 122 valence electrons. The number of carboxylic acid groups (broad SMARTS) is 1. The van der Waals surface area contributed by atoms with Crippen molar-refractivity contribution in [2.45, 2.75) is 46.7 Å². The van der Waals surface area contributed by atoms with E-state index in [0.29, 0.717) is 31.7 Å². The second-order valence-corrected chi connectivity index (χ2v) is 6.48. The summed E-state index contributed by atoms with van der Waals surface area (Å²) in [4.78, 5) is 27.1. The molecule has 1 fully saturated rings. The number of aliphatic carboxylic acids is 1. The Morgan fingerprint density at radius 1 is 1.24 bits per heavy atom. The molecule has 1 aliphatic heterocycles. The van der Waals surface area contributed by atoms with Crippen molar-refractivity contribution in [3.63, 3.8) is 0 Å². The summed E-state index contributed by atoms with van der Waals surface area (Å²) in [6.07, 6.45) is 0. The number of rotatable bonds is 6. The van der Waals surface area contributed by atoms with Gasteiger partial charge in [0.25, 0.3) is 0 Å². The van der Waals surface area contributed by atoms with Gasteiger partial charge in [0.05, 0.1) is 5.92 Å². The molecule has 0 aromatic carbocycles. The minimum Gasteiger partial charge on any atom is -0.481 e. The van der Waals surface area contributed by atoms with Gasteiger partial charge in [0.2, 0.25) is 0 Å². The van der Waals surface area contributed by atoms with E-state index < -0.39 is 11.9 Å². The van der Waals surface area contributed by atoms with Crippen LogP contribution in [0.5, 0.6) is 0 Å². The summed E-state index contributed by atoms with van der Waals surface area (Å²) in [6.45, 7) is 12.6. The Kier molecular flexibility index (Phi) is 6.45. The van der Waals surface area contributed by atoms with Crippen molar-refractivity contribution < 1.29 is 14.7 Å². The molecule has 21 heavy (non-hydrogen) atoms. The lowest BCUT2D eigenvalue weighted by Crippen LogP contribution is -2.45. The number of nitrogens with one attached hydrogen (secondary N) is 1. The average Bonchev–Trinajstić information content (AvgIpc) is 2.75. The Morgan fingerprint density at radius 2 is 1.81 bits per heavy atom. The van der Waals surface area contributed by atoms with Crippen LogP contribution in [-0.4, -0.2) is 65.2 Å². The topological polar surface area (TPSA) is 72.9 Å². The molecule has 0 bridgehead atoms. The van der Waals surface area contributed by atoms with Crippen LogP contribution in [0, 0.1) is 11.8 Å². The minimum absolute atomic E-state index is 0.0103. The Bertz CT molecular complexity index is 363. The summed E-state index contributed by atoms with van der Waals surface area (Å²) in [6, 6.07) is 0.716. The molecule has 2 unspecified atom stereocenters. The summed E-state index contributed by atoms with van der Waals surface area (Å²) < 4.78 is 0. The molecule has 0 radical (unpaired) electrons. The average molecular weight is 299 g/mol. The van der Waals surface area contributed by atoms with E-state index in [0.717, 1.165) is 6.54 Å². The van der Waals surface area contributed by atoms with Crippen LogP contribution in [0.15, 0.2) is 0 Å². The normalized spacial score (nSPS) is 22.4. The predicted molar refractivity (Wildman–Crippen MR) is 82.2 cm³/mol. The quantitative estimate of drug-likeness (QED) is 0.779. The fraction of sp³-hybridized carbons (Fsp3) is 0.867. The number of amides is 2. The molecule has 0 spiro atoms. The molecule has 1 aliphatic rings. The molecule has 6 heteroatoms. The summed E-state index contributed by atoms with van der Waals surface area (Å²) in [5, 5.41) is 12.0. The van der Waals surface area contributed by atoms with Crippen LogP contribution in [0.2, 0.25) is 0 Å². The smallest absolute Gasteiger partial charge is 0.317 e. The summed E-state index contributed by atoms with van der Waals surface area (Å²) >= 11 is 0. The Balaban J connectivity index is 2.40. The largest absolute Gasteiger partial charge is 0.481 e. The zero-order valence-electron chi connectivity index (χ0n) is 13.8. The van der Waals surface area contributed by atoms with Crippen molar-refractivity contribution in [3.05, 3.63) is 0 Å². The third-order valence-electron chi connectivity index (χ3n) is 4.19. The zero-order valence-corrected chi connectivity index (χ0v) is 13.8. The highest BCUT2D eigenvalue weighted by atomic mass is 16.4. The number of urea groups is 1. The molecule has 1 heterocycles. The first-order valence-electron chi connectivity index (χ1n) is 7.75. The van der Waals surface area contributed by atoms with Gasteiger partial charge >= 0.3 is 12.0 Å². The van der Waals surface area contributed by atoms with E-state index in [4.69, 9.17) is 5.11 Å². The molecule has 1 rings (SSSR count). The number of carboxylic acids is 1. The first-order valence-corrected chi connectivity index (χ1v) is 7.75. The second-order valence-electron chi connectivity index (χ2n) is 6.48. The lowest BCUT2D eigenvalue weighted by Gasteiger charge is -2.30. The van der Waals surface area contributed by atoms with Crippen LogP contribution in [0.1, 0.15) is 34.6 Å². The van der Waals surface area contributed by atoms with E-state index in [-0.39, 0.29) is 11.9 Å². The zero-order chi connectivity index (χ0) is 16.2. The SMILES string of the molecule is CC1CN(C(=O)NCCN(C(C)C)C(C)C)CC1C(=O)O.